The molecule has 8 nitrogen and oxygen atoms in total. The Morgan fingerprint density at radius 1 is 1.14 bits per heavy atom. The zero-order valence-corrected chi connectivity index (χ0v) is 17.9. The highest BCUT2D eigenvalue weighted by Crippen LogP contribution is 2.26. The van der Waals surface area contributed by atoms with E-state index in [0.29, 0.717) is 10.7 Å². The summed E-state index contributed by atoms with van der Waals surface area (Å²) in [6.07, 6.45) is 1.61. The molecule has 0 bridgehead atoms. The SMILES string of the molecule is C[C@H](NS(=O)(=O)c1ccc(Cl)cc1)C(=O)Nc1ccc(Sc2nncn2C)cc1. The average Bonchev–Trinajstić information content (AvgIpc) is 3.08. The van der Waals surface area contributed by atoms with E-state index < -0.39 is 22.0 Å². The van der Waals surface area contributed by atoms with E-state index in [1.165, 1.54) is 43.0 Å². The minimum absolute atomic E-state index is 0.0340. The number of benzene rings is 2. The molecule has 0 saturated carbocycles. The van der Waals surface area contributed by atoms with Gasteiger partial charge in [0.05, 0.1) is 10.9 Å². The normalized spacial score (nSPS) is 12.5. The number of carbonyl (C=O) groups excluding carboxylic acids is 1. The number of hydrogen-bond acceptors (Lipinski definition) is 6. The van der Waals surface area contributed by atoms with E-state index in [4.69, 9.17) is 11.6 Å². The van der Waals surface area contributed by atoms with Gasteiger partial charge in [0.25, 0.3) is 0 Å². The summed E-state index contributed by atoms with van der Waals surface area (Å²) in [5.74, 6) is -0.476. The van der Waals surface area contributed by atoms with Gasteiger partial charge >= 0.3 is 0 Å². The van der Waals surface area contributed by atoms with E-state index in [0.717, 1.165) is 10.1 Å². The molecule has 0 aliphatic carbocycles. The molecule has 3 aromatic rings. The summed E-state index contributed by atoms with van der Waals surface area (Å²) in [4.78, 5) is 13.3. The number of anilines is 1. The fraction of sp³-hybridized carbons (Fsp3) is 0.167. The molecule has 0 aliphatic rings. The Morgan fingerprint density at radius 2 is 1.79 bits per heavy atom. The standard InChI is InChI=1S/C18H18ClN5O3S2/c1-12(23-29(26,27)16-9-3-13(19)4-10-16)17(25)21-14-5-7-15(8-6-14)28-18-22-20-11-24(18)2/h3-12,23H,1-2H3,(H,21,25)/t12-/m0/s1. The molecular formula is C18H18ClN5O3S2. The molecule has 0 fully saturated rings. The summed E-state index contributed by atoms with van der Waals surface area (Å²) < 4.78 is 28.9. The number of amides is 1. The Bertz CT molecular complexity index is 1100. The third kappa shape index (κ3) is 5.57. The minimum atomic E-state index is -3.84. The van der Waals surface area contributed by atoms with Crippen molar-refractivity contribution in [2.75, 3.05) is 5.32 Å². The number of aryl methyl sites for hydroxylation is 1. The summed E-state index contributed by atoms with van der Waals surface area (Å²) in [6.45, 7) is 1.47. The van der Waals surface area contributed by atoms with Crippen LogP contribution in [-0.2, 0) is 21.9 Å². The Morgan fingerprint density at radius 3 is 2.38 bits per heavy atom. The number of carbonyl (C=O) groups is 1. The number of aromatic nitrogens is 3. The van der Waals surface area contributed by atoms with Crippen molar-refractivity contribution >= 4 is 45.0 Å². The van der Waals surface area contributed by atoms with Gasteiger partial charge in [-0.2, -0.15) is 4.72 Å². The Hall–Kier alpha value is -2.40. The van der Waals surface area contributed by atoms with Crippen LogP contribution in [0.1, 0.15) is 6.92 Å². The second-order valence-electron chi connectivity index (χ2n) is 6.14. The van der Waals surface area contributed by atoms with Crippen LogP contribution in [0.5, 0.6) is 0 Å². The van der Waals surface area contributed by atoms with E-state index in [2.05, 4.69) is 20.2 Å². The zero-order chi connectivity index (χ0) is 21.0. The Labute approximate surface area is 177 Å². The number of halogens is 1. The first kappa shape index (κ1) is 21.3. The topological polar surface area (TPSA) is 106 Å². The molecule has 2 N–H and O–H groups in total. The highest BCUT2D eigenvalue weighted by Gasteiger charge is 2.22. The molecule has 0 radical (unpaired) electrons. The Kier molecular flexibility index (Phi) is 6.58. The lowest BCUT2D eigenvalue weighted by Gasteiger charge is -2.15. The summed E-state index contributed by atoms with van der Waals surface area (Å²) in [5.41, 5.74) is 0.551. The van der Waals surface area contributed by atoms with E-state index in [1.54, 1.807) is 23.0 Å². The molecule has 3 rings (SSSR count). The van der Waals surface area contributed by atoms with Crippen molar-refractivity contribution in [1.29, 1.82) is 0 Å². The molecule has 1 amide bonds. The van der Waals surface area contributed by atoms with Gasteiger partial charge in [0.15, 0.2) is 5.16 Å². The van der Waals surface area contributed by atoms with Crippen molar-refractivity contribution < 1.29 is 13.2 Å². The van der Waals surface area contributed by atoms with Crippen molar-refractivity contribution in [2.45, 2.75) is 27.9 Å². The molecule has 0 unspecified atom stereocenters. The van der Waals surface area contributed by atoms with Crippen LogP contribution in [0.25, 0.3) is 0 Å². The van der Waals surface area contributed by atoms with E-state index in [9.17, 15) is 13.2 Å². The highest BCUT2D eigenvalue weighted by molar-refractivity contribution is 7.99. The summed E-state index contributed by atoms with van der Waals surface area (Å²) in [6, 6.07) is 11.9. The lowest BCUT2D eigenvalue weighted by Crippen LogP contribution is -2.41. The zero-order valence-electron chi connectivity index (χ0n) is 15.5. The summed E-state index contributed by atoms with van der Waals surface area (Å²) >= 11 is 7.21. The first-order valence-corrected chi connectivity index (χ1v) is 11.1. The molecule has 0 aliphatic heterocycles. The van der Waals surface area contributed by atoms with Crippen molar-refractivity contribution in [1.82, 2.24) is 19.5 Å². The summed E-state index contributed by atoms with van der Waals surface area (Å²) in [5, 5.41) is 11.7. The van der Waals surface area contributed by atoms with Crippen LogP contribution in [-0.4, -0.2) is 35.1 Å². The largest absolute Gasteiger partial charge is 0.325 e. The van der Waals surface area contributed by atoms with Crippen LogP contribution in [0, 0.1) is 0 Å². The number of sulfonamides is 1. The lowest BCUT2D eigenvalue weighted by atomic mass is 10.3. The maximum atomic E-state index is 12.4. The molecule has 0 spiro atoms. The molecule has 1 atom stereocenters. The maximum Gasteiger partial charge on any atom is 0.242 e. The second kappa shape index (κ2) is 8.95. The van der Waals surface area contributed by atoms with Gasteiger partial charge in [0, 0.05) is 22.7 Å². The molecule has 29 heavy (non-hydrogen) atoms. The third-order valence-electron chi connectivity index (χ3n) is 3.85. The predicted octanol–water partition coefficient (Wildman–Crippen LogP) is 2.93. The van der Waals surface area contributed by atoms with Gasteiger partial charge in [0.2, 0.25) is 15.9 Å². The van der Waals surface area contributed by atoms with Gasteiger partial charge in [-0.3, -0.25) is 4.79 Å². The summed E-state index contributed by atoms with van der Waals surface area (Å²) in [7, 11) is -1.99. The molecule has 11 heteroatoms. The van der Waals surface area contributed by atoms with Crippen LogP contribution in [0.3, 0.4) is 0 Å². The van der Waals surface area contributed by atoms with Crippen molar-refractivity contribution in [3.8, 4) is 0 Å². The van der Waals surface area contributed by atoms with Crippen LogP contribution in [0.15, 0.2) is 69.8 Å². The van der Waals surface area contributed by atoms with Gasteiger partial charge in [-0.1, -0.05) is 11.6 Å². The Balaban J connectivity index is 1.60. The molecule has 1 heterocycles. The first-order chi connectivity index (χ1) is 13.7. The number of nitrogens with one attached hydrogen (secondary N) is 2. The molecular weight excluding hydrogens is 434 g/mol. The second-order valence-corrected chi connectivity index (χ2v) is 9.33. The molecule has 1 aromatic heterocycles. The van der Waals surface area contributed by atoms with Crippen LogP contribution < -0.4 is 10.0 Å². The van der Waals surface area contributed by atoms with Crippen LogP contribution >= 0.6 is 23.4 Å². The van der Waals surface area contributed by atoms with Crippen LogP contribution in [0.4, 0.5) is 5.69 Å². The lowest BCUT2D eigenvalue weighted by molar-refractivity contribution is -0.117. The van der Waals surface area contributed by atoms with Gasteiger partial charge in [-0.15, -0.1) is 10.2 Å². The fourth-order valence-corrected chi connectivity index (χ4v) is 4.39. The fourth-order valence-electron chi connectivity index (χ4n) is 2.30. The van der Waals surface area contributed by atoms with Crippen molar-refractivity contribution in [3.05, 3.63) is 59.9 Å². The predicted molar refractivity (Wildman–Crippen MR) is 111 cm³/mol. The molecule has 152 valence electrons. The molecule has 2 aromatic carbocycles. The number of nitrogens with zero attached hydrogens (tertiary/aromatic N) is 3. The third-order valence-corrected chi connectivity index (χ3v) is 6.72. The molecule has 0 saturated heterocycles. The maximum absolute atomic E-state index is 12.4. The highest BCUT2D eigenvalue weighted by atomic mass is 35.5. The van der Waals surface area contributed by atoms with Gasteiger partial charge in [0.1, 0.15) is 6.33 Å². The van der Waals surface area contributed by atoms with Gasteiger partial charge in [-0.05, 0) is 67.2 Å². The van der Waals surface area contributed by atoms with E-state index in [1.807, 2.05) is 19.2 Å². The first-order valence-electron chi connectivity index (χ1n) is 8.45. The van der Waals surface area contributed by atoms with Crippen LogP contribution in [0.2, 0.25) is 5.02 Å². The smallest absolute Gasteiger partial charge is 0.242 e. The average molecular weight is 452 g/mol. The van der Waals surface area contributed by atoms with E-state index >= 15 is 0 Å². The number of hydrogen-bond donors (Lipinski definition) is 2. The van der Waals surface area contributed by atoms with Gasteiger partial charge < -0.3 is 9.88 Å². The van der Waals surface area contributed by atoms with Crippen molar-refractivity contribution in [3.63, 3.8) is 0 Å². The van der Waals surface area contributed by atoms with E-state index in [-0.39, 0.29) is 4.90 Å². The minimum Gasteiger partial charge on any atom is -0.325 e. The monoisotopic (exact) mass is 451 g/mol. The van der Waals surface area contributed by atoms with Crippen molar-refractivity contribution in [2.24, 2.45) is 7.05 Å². The number of rotatable bonds is 7. The van der Waals surface area contributed by atoms with Gasteiger partial charge in [-0.25, -0.2) is 8.42 Å². The quantitative estimate of drug-likeness (QED) is 0.572.